The topological polar surface area (TPSA) is 46.2 Å². The molecule has 0 aromatic heterocycles. The van der Waals surface area contributed by atoms with Gasteiger partial charge in [0.05, 0.1) is 5.69 Å². The lowest BCUT2D eigenvalue weighted by molar-refractivity contribution is 0.219. The molecular formula is C16H27NO. The zero-order chi connectivity index (χ0) is 13.9. The third-order valence-corrected chi connectivity index (χ3v) is 3.91. The zero-order valence-corrected chi connectivity index (χ0v) is 12.3. The summed E-state index contributed by atoms with van der Waals surface area (Å²) in [6.45, 7) is 11.5. The molecule has 0 spiro atoms. The Hall–Kier alpha value is -1.18. The summed E-state index contributed by atoms with van der Waals surface area (Å²) in [5.74, 6) is 1.50. The number of phenolic OH excluding ortho intramolecular Hbond substituents is 1. The van der Waals surface area contributed by atoms with Crippen molar-refractivity contribution in [3.8, 4) is 5.75 Å². The zero-order valence-electron chi connectivity index (χ0n) is 12.3. The molecule has 102 valence electrons. The van der Waals surface area contributed by atoms with Crippen molar-refractivity contribution in [1.29, 1.82) is 0 Å². The van der Waals surface area contributed by atoms with Crippen LogP contribution in [0.3, 0.4) is 0 Å². The van der Waals surface area contributed by atoms with E-state index in [0.717, 1.165) is 6.42 Å². The molecule has 0 saturated heterocycles. The maximum Gasteiger partial charge on any atom is 0.138 e. The van der Waals surface area contributed by atoms with Gasteiger partial charge < -0.3 is 10.8 Å². The average Bonchev–Trinajstić information content (AvgIpc) is 2.22. The van der Waals surface area contributed by atoms with Crippen molar-refractivity contribution in [2.24, 2.45) is 17.3 Å². The molecule has 0 aliphatic carbocycles. The first kappa shape index (κ1) is 14.9. The largest absolute Gasteiger partial charge is 0.506 e. The van der Waals surface area contributed by atoms with Crippen LogP contribution in [0.4, 0.5) is 5.69 Å². The lowest BCUT2D eigenvalue weighted by Crippen LogP contribution is -2.20. The molecule has 3 N–H and O–H groups in total. The molecule has 2 heteroatoms. The van der Waals surface area contributed by atoms with Crippen LogP contribution in [0.2, 0.25) is 0 Å². The van der Waals surface area contributed by atoms with Gasteiger partial charge in [0.2, 0.25) is 0 Å². The van der Waals surface area contributed by atoms with Crippen LogP contribution in [0.15, 0.2) is 18.2 Å². The first-order valence-corrected chi connectivity index (χ1v) is 6.77. The van der Waals surface area contributed by atoms with Gasteiger partial charge in [-0.25, -0.2) is 0 Å². The molecule has 18 heavy (non-hydrogen) atoms. The highest BCUT2D eigenvalue weighted by atomic mass is 16.3. The molecule has 0 fully saturated rings. The van der Waals surface area contributed by atoms with E-state index in [0.29, 0.717) is 22.9 Å². The summed E-state index contributed by atoms with van der Waals surface area (Å²) in [6.07, 6.45) is 2.23. The molecule has 2 atom stereocenters. The number of anilines is 1. The third-order valence-electron chi connectivity index (χ3n) is 3.91. The number of benzene rings is 1. The van der Waals surface area contributed by atoms with E-state index in [2.05, 4.69) is 34.6 Å². The van der Waals surface area contributed by atoms with Crippen LogP contribution in [0, 0.1) is 17.3 Å². The predicted octanol–water partition coefficient (Wildman–Crippen LogP) is 4.23. The van der Waals surface area contributed by atoms with Gasteiger partial charge >= 0.3 is 0 Å². The Morgan fingerprint density at radius 1 is 1.22 bits per heavy atom. The highest BCUT2D eigenvalue weighted by Crippen LogP contribution is 2.32. The highest BCUT2D eigenvalue weighted by molar-refractivity contribution is 5.53. The van der Waals surface area contributed by atoms with E-state index in [9.17, 15) is 5.11 Å². The second-order valence-electron chi connectivity index (χ2n) is 6.71. The molecule has 0 aliphatic heterocycles. The molecule has 0 bridgehead atoms. The lowest BCUT2D eigenvalue weighted by Gasteiger charge is -2.29. The van der Waals surface area contributed by atoms with Crippen LogP contribution < -0.4 is 5.73 Å². The second-order valence-corrected chi connectivity index (χ2v) is 6.71. The Morgan fingerprint density at radius 3 is 2.33 bits per heavy atom. The average molecular weight is 249 g/mol. The van der Waals surface area contributed by atoms with Gasteiger partial charge in [0.25, 0.3) is 0 Å². The van der Waals surface area contributed by atoms with Crippen LogP contribution in [-0.2, 0) is 6.42 Å². The van der Waals surface area contributed by atoms with Gasteiger partial charge in [-0.05, 0) is 47.8 Å². The van der Waals surface area contributed by atoms with Gasteiger partial charge in [0.15, 0.2) is 0 Å². The summed E-state index contributed by atoms with van der Waals surface area (Å²) in [4.78, 5) is 0. The third kappa shape index (κ3) is 4.25. The van der Waals surface area contributed by atoms with E-state index in [1.165, 1.54) is 12.0 Å². The number of nitrogens with two attached hydrogens (primary N) is 1. The fourth-order valence-corrected chi connectivity index (χ4v) is 2.17. The number of nitrogen functional groups attached to an aromatic ring is 1. The molecule has 0 aliphatic rings. The summed E-state index contributed by atoms with van der Waals surface area (Å²) in [5.41, 5.74) is 7.76. The van der Waals surface area contributed by atoms with E-state index in [-0.39, 0.29) is 5.75 Å². The molecule has 1 rings (SSSR count). The smallest absolute Gasteiger partial charge is 0.138 e. The predicted molar refractivity (Wildman–Crippen MR) is 78.6 cm³/mol. The van der Waals surface area contributed by atoms with E-state index in [4.69, 9.17) is 5.73 Å². The van der Waals surface area contributed by atoms with Crippen LogP contribution in [-0.4, -0.2) is 5.11 Å². The van der Waals surface area contributed by atoms with Crippen LogP contribution in [0.5, 0.6) is 5.75 Å². The molecule has 0 radical (unpaired) electrons. The van der Waals surface area contributed by atoms with Gasteiger partial charge in [0, 0.05) is 0 Å². The summed E-state index contributed by atoms with van der Waals surface area (Å²) in [6, 6.07) is 5.53. The SMILES string of the molecule is CC(Cc1ccc(O)c(N)c1)CC(C)C(C)(C)C. The Morgan fingerprint density at radius 2 is 1.83 bits per heavy atom. The number of hydrogen-bond acceptors (Lipinski definition) is 2. The van der Waals surface area contributed by atoms with Crippen molar-refractivity contribution >= 4 is 5.69 Å². The number of hydrogen-bond donors (Lipinski definition) is 2. The van der Waals surface area contributed by atoms with Gasteiger partial charge in [-0.3, -0.25) is 0 Å². The van der Waals surface area contributed by atoms with E-state index < -0.39 is 0 Å². The maximum absolute atomic E-state index is 9.40. The van der Waals surface area contributed by atoms with Crippen LogP contribution in [0.1, 0.15) is 46.6 Å². The van der Waals surface area contributed by atoms with E-state index in [1.807, 2.05) is 12.1 Å². The Bertz CT molecular complexity index is 393. The van der Waals surface area contributed by atoms with Crippen LogP contribution in [0.25, 0.3) is 0 Å². The first-order chi connectivity index (χ1) is 8.20. The Kier molecular flexibility index (Phi) is 4.66. The molecule has 0 saturated carbocycles. The normalized spacial score (nSPS) is 15.4. The summed E-state index contributed by atoms with van der Waals surface area (Å²) in [5, 5.41) is 9.40. The maximum atomic E-state index is 9.40. The first-order valence-electron chi connectivity index (χ1n) is 6.77. The van der Waals surface area contributed by atoms with Crippen molar-refractivity contribution < 1.29 is 5.11 Å². The molecule has 1 aromatic rings. The van der Waals surface area contributed by atoms with E-state index >= 15 is 0 Å². The van der Waals surface area contributed by atoms with Crippen molar-refractivity contribution in [2.45, 2.75) is 47.5 Å². The number of aromatic hydroxyl groups is 1. The van der Waals surface area contributed by atoms with Crippen molar-refractivity contribution in [2.75, 3.05) is 5.73 Å². The Balaban J connectivity index is 2.59. The van der Waals surface area contributed by atoms with Crippen LogP contribution >= 0.6 is 0 Å². The summed E-state index contributed by atoms with van der Waals surface area (Å²) >= 11 is 0. The quantitative estimate of drug-likeness (QED) is 0.619. The molecule has 0 heterocycles. The van der Waals surface area contributed by atoms with Gasteiger partial charge in [-0.2, -0.15) is 0 Å². The minimum absolute atomic E-state index is 0.175. The van der Waals surface area contributed by atoms with Gasteiger partial charge in [0.1, 0.15) is 5.75 Å². The minimum atomic E-state index is 0.175. The van der Waals surface area contributed by atoms with Crippen molar-refractivity contribution in [3.63, 3.8) is 0 Å². The fraction of sp³-hybridized carbons (Fsp3) is 0.625. The standard InChI is InChI=1S/C16H27NO/c1-11(8-12(2)16(3,4)5)9-13-6-7-15(18)14(17)10-13/h6-7,10-12,18H,8-9,17H2,1-5H3. The molecule has 0 amide bonds. The van der Waals surface area contributed by atoms with Gasteiger partial charge in [-0.15, -0.1) is 0 Å². The minimum Gasteiger partial charge on any atom is -0.506 e. The monoisotopic (exact) mass is 249 g/mol. The lowest BCUT2D eigenvalue weighted by atomic mass is 9.76. The summed E-state index contributed by atoms with van der Waals surface area (Å²) < 4.78 is 0. The number of phenols is 1. The van der Waals surface area contributed by atoms with Gasteiger partial charge in [-0.1, -0.05) is 40.7 Å². The van der Waals surface area contributed by atoms with Crippen molar-refractivity contribution in [3.05, 3.63) is 23.8 Å². The fourth-order valence-electron chi connectivity index (χ4n) is 2.17. The highest BCUT2D eigenvalue weighted by Gasteiger charge is 2.22. The molecule has 1 aromatic carbocycles. The molecular weight excluding hydrogens is 222 g/mol. The Labute approximate surface area is 111 Å². The molecule has 2 nitrogen and oxygen atoms in total. The van der Waals surface area contributed by atoms with Crippen molar-refractivity contribution in [1.82, 2.24) is 0 Å². The number of rotatable bonds is 4. The summed E-state index contributed by atoms with van der Waals surface area (Å²) in [7, 11) is 0. The van der Waals surface area contributed by atoms with E-state index in [1.54, 1.807) is 6.07 Å². The molecule has 2 unspecified atom stereocenters. The second kappa shape index (κ2) is 5.64.